The molecule has 80 valence electrons. The van der Waals surface area contributed by atoms with E-state index in [0.29, 0.717) is 5.92 Å². The maximum atomic E-state index is 6.05. The van der Waals surface area contributed by atoms with Crippen LogP contribution in [-0.2, 0) is 6.42 Å². The lowest BCUT2D eigenvalue weighted by molar-refractivity contribution is 0.235. The normalized spacial score (nSPS) is 15.8. The van der Waals surface area contributed by atoms with Crippen molar-refractivity contribution in [2.45, 2.75) is 33.6 Å². The highest BCUT2D eigenvalue weighted by molar-refractivity contribution is 7.09. The Balaban J connectivity index is 2.50. The summed E-state index contributed by atoms with van der Waals surface area (Å²) in [6.07, 6.45) is 2.35. The highest BCUT2D eigenvalue weighted by atomic mass is 35.5. The molecule has 1 aromatic rings. The van der Waals surface area contributed by atoms with Gasteiger partial charge in [-0.05, 0) is 35.6 Å². The smallest absolute Gasteiger partial charge is 0.0279 e. The van der Waals surface area contributed by atoms with Crippen LogP contribution in [0, 0.1) is 11.3 Å². The van der Waals surface area contributed by atoms with Gasteiger partial charge in [0.25, 0.3) is 0 Å². The van der Waals surface area contributed by atoms with Crippen molar-refractivity contribution in [3.63, 3.8) is 0 Å². The van der Waals surface area contributed by atoms with Crippen LogP contribution in [0.5, 0.6) is 0 Å². The van der Waals surface area contributed by atoms with Crippen LogP contribution >= 0.6 is 22.9 Å². The molecule has 0 radical (unpaired) electrons. The van der Waals surface area contributed by atoms with Crippen LogP contribution in [0.1, 0.15) is 32.1 Å². The van der Waals surface area contributed by atoms with Crippen molar-refractivity contribution in [3.8, 4) is 0 Å². The topological polar surface area (TPSA) is 0 Å². The maximum absolute atomic E-state index is 6.05. The summed E-state index contributed by atoms with van der Waals surface area (Å²) < 4.78 is 0. The number of rotatable bonds is 5. The Morgan fingerprint density at radius 2 is 2.21 bits per heavy atom. The molecule has 0 spiro atoms. The zero-order valence-corrected chi connectivity index (χ0v) is 10.8. The minimum Gasteiger partial charge on any atom is -0.149 e. The molecule has 1 atom stereocenters. The molecule has 1 aromatic heterocycles. The van der Waals surface area contributed by atoms with Gasteiger partial charge in [-0.15, -0.1) is 22.9 Å². The van der Waals surface area contributed by atoms with Crippen molar-refractivity contribution in [1.29, 1.82) is 0 Å². The molecule has 0 N–H and O–H groups in total. The van der Waals surface area contributed by atoms with Crippen molar-refractivity contribution < 1.29 is 0 Å². The predicted octanol–water partition coefficient (Wildman–Crippen LogP) is 4.58. The van der Waals surface area contributed by atoms with E-state index in [1.807, 2.05) is 11.3 Å². The molecule has 0 nitrogen and oxygen atoms in total. The summed E-state index contributed by atoms with van der Waals surface area (Å²) in [6.45, 7) is 6.81. The number of aryl methyl sites for hydroxylation is 1. The fourth-order valence-corrected chi connectivity index (χ4v) is 2.52. The molecule has 0 fully saturated rings. The lowest BCUT2D eigenvalue weighted by Crippen LogP contribution is -2.26. The average Bonchev–Trinajstić information content (AvgIpc) is 2.66. The first-order valence-electron chi connectivity index (χ1n) is 5.17. The Morgan fingerprint density at radius 3 is 2.64 bits per heavy atom. The largest absolute Gasteiger partial charge is 0.149 e. The molecule has 1 unspecified atom stereocenters. The second-order valence-electron chi connectivity index (χ2n) is 4.52. The monoisotopic (exact) mass is 230 g/mol. The van der Waals surface area contributed by atoms with Gasteiger partial charge in [0, 0.05) is 10.8 Å². The number of halogens is 1. The standard InChI is InChI=1S/C12H19ClS/c1-10(2)12(3,9-13)7-6-11-5-4-8-14-11/h4-5,8,10H,6-7,9H2,1-3H3. The number of alkyl halides is 1. The first kappa shape index (κ1) is 12.1. The van der Waals surface area contributed by atoms with Crippen LogP contribution in [0.3, 0.4) is 0 Å². The van der Waals surface area contributed by atoms with E-state index >= 15 is 0 Å². The Bertz CT molecular complexity index is 253. The quantitative estimate of drug-likeness (QED) is 0.650. The lowest BCUT2D eigenvalue weighted by Gasteiger charge is -2.31. The number of hydrogen-bond acceptors (Lipinski definition) is 1. The van der Waals surface area contributed by atoms with Gasteiger partial charge in [0.15, 0.2) is 0 Å². The zero-order chi connectivity index (χ0) is 10.6. The Kier molecular flexibility index (Phi) is 4.46. The molecule has 14 heavy (non-hydrogen) atoms. The van der Waals surface area contributed by atoms with Crippen LogP contribution in [-0.4, -0.2) is 5.88 Å². The predicted molar refractivity (Wildman–Crippen MR) is 66.3 cm³/mol. The molecule has 0 bridgehead atoms. The number of hydrogen-bond donors (Lipinski definition) is 0. The Labute approximate surface area is 96.3 Å². The van der Waals surface area contributed by atoms with Gasteiger partial charge in [-0.2, -0.15) is 0 Å². The van der Waals surface area contributed by atoms with E-state index in [4.69, 9.17) is 11.6 Å². The molecular weight excluding hydrogens is 212 g/mol. The van der Waals surface area contributed by atoms with E-state index < -0.39 is 0 Å². The third-order valence-corrected chi connectivity index (χ3v) is 4.77. The third kappa shape index (κ3) is 2.99. The van der Waals surface area contributed by atoms with E-state index in [9.17, 15) is 0 Å². The summed E-state index contributed by atoms with van der Waals surface area (Å²) in [5.74, 6) is 1.41. The van der Waals surface area contributed by atoms with Gasteiger partial charge in [0.2, 0.25) is 0 Å². The van der Waals surface area contributed by atoms with Gasteiger partial charge < -0.3 is 0 Å². The highest BCUT2D eigenvalue weighted by Crippen LogP contribution is 2.34. The van der Waals surface area contributed by atoms with Crippen LogP contribution in [0.15, 0.2) is 17.5 Å². The summed E-state index contributed by atoms with van der Waals surface area (Å²) in [4.78, 5) is 1.47. The summed E-state index contributed by atoms with van der Waals surface area (Å²) in [5.41, 5.74) is 0.283. The fourth-order valence-electron chi connectivity index (χ4n) is 1.37. The van der Waals surface area contributed by atoms with Gasteiger partial charge in [-0.25, -0.2) is 0 Å². The summed E-state index contributed by atoms with van der Waals surface area (Å²) in [6, 6.07) is 4.33. The van der Waals surface area contributed by atoms with Crippen LogP contribution in [0.2, 0.25) is 0 Å². The van der Waals surface area contributed by atoms with Gasteiger partial charge in [0.05, 0.1) is 0 Å². The minimum atomic E-state index is 0.283. The minimum absolute atomic E-state index is 0.283. The second kappa shape index (κ2) is 5.18. The van der Waals surface area contributed by atoms with E-state index in [1.54, 1.807) is 0 Å². The third-order valence-electron chi connectivity index (χ3n) is 3.22. The molecule has 0 saturated heterocycles. The van der Waals surface area contributed by atoms with Crippen molar-refractivity contribution >= 4 is 22.9 Å². The molecule has 0 amide bonds. The van der Waals surface area contributed by atoms with Crippen molar-refractivity contribution in [2.75, 3.05) is 5.88 Å². The van der Waals surface area contributed by atoms with E-state index in [1.165, 1.54) is 17.7 Å². The van der Waals surface area contributed by atoms with Gasteiger partial charge >= 0.3 is 0 Å². The molecule has 0 saturated carbocycles. The van der Waals surface area contributed by atoms with Crippen LogP contribution < -0.4 is 0 Å². The lowest BCUT2D eigenvalue weighted by atomic mass is 9.77. The Morgan fingerprint density at radius 1 is 1.50 bits per heavy atom. The van der Waals surface area contributed by atoms with Crippen LogP contribution in [0.25, 0.3) is 0 Å². The molecule has 0 aliphatic carbocycles. The molecule has 2 heteroatoms. The Hall–Kier alpha value is -0.0100. The summed E-state index contributed by atoms with van der Waals surface area (Å²) in [5, 5.41) is 2.14. The second-order valence-corrected chi connectivity index (χ2v) is 5.82. The van der Waals surface area contributed by atoms with E-state index in [2.05, 4.69) is 38.3 Å². The molecule has 0 aliphatic heterocycles. The van der Waals surface area contributed by atoms with Crippen molar-refractivity contribution in [2.24, 2.45) is 11.3 Å². The van der Waals surface area contributed by atoms with E-state index in [-0.39, 0.29) is 5.41 Å². The van der Waals surface area contributed by atoms with Crippen LogP contribution in [0.4, 0.5) is 0 Å². The highest BCUT2D eigenvalue weighted by Gasteiger charge is 2.26. The van der Waals surface area contributed by atoms with Crippen molar-refractivity contribution in [3.05, 3.63) is 22.4 Å². The fraction of sp³-hybridized carbons (Fsp3) is 0.667. The van der Waals surface area contributed by atoms with Gasteiger partial charge in [-0.3, -0.25) is 0 Å². The first-order chi connectivity index (χ1) is 6.58. The van der Waals surface area contributed by atoms with Gasteiger partial charge in [-0.1, -0.05) is 26.8 Å². The SMILES string of the molecule is CC(C)C(C)(CCl)CCc1cccs1. The summed E-state index contributed by atoms with van der Waals surface area (Å²) >= 11 is 7.89. The first-order valence-corrected chi connectivity index (χ1v) is 6.58. The molecule has 0 aromatic carbocycles. The number of thiophene rings is 1. The molecular formula is C12H19ClS. The maximum Gasteiger partial charge on any atom is 0.0279 e. The molecule has 0 aliphatic rings. The molecule has 1 rings (SSSR count). The van der Waals surface area contributed by atoms with Crippen molar-refractivity contribution in [1.82, 2.24) is 0 Å². The summed E-state index contributed by atoms with van der Waals surface area (Å²) in [7, 11) is 0. The zero-order valence-electron chi connectivity index (χ0n) is 9.22. The average molecular weight is 231 g/mol. The van der Waals surface area contributed by atoms with E-state index in [0.717, 1.165) is 5.88 Å². The van der Waals surface area contributed by atoms with Gasteiger partial charge in [0.1, 0.15) is 0 Å². The molecule has 1 heterocycles.